The van der Waals surface area contributed by atoms with Crippen molar-refractivity contribution >= 4 is 25.2 Å². The topological polar surface area (TPSA) is 83.1 Å². The number of amides is 1. The zero-order valence-electron chi connectivity index (χ0n) is 13.6. The third-order valence-electron chi connectivity index (χ3n) is 4.39. The Kier molecular flexibility index (Phi) is 4.38. The van der Waals surface area contributed by atoms with Crippen molar-refractivity contribution in [2.45, 2.75) is 18.8 Å². The van der Waals surface area contributed by atoms with E-state index in [4.69, 9.17) is 19.0 Å². The van der Waals surface area contributed by atoms with E-state index < -0.39 is 0 Å². The summed E-state index contributed by atoms with van der Waals surface area (Å²) in [7, 11) is 7.36. The molecule has 1 atom stereocenters. The van der Waals surface area contributed by atoms with Gasteiger partial charge in [-0.05, 0) is 35.4 Å². The molecule has 0 spiro atoms. The van der Waals surface area contributed by atoms with E-state index in [0.717, 1.165) is 29.5 Å². The summed E-state index contributed by atoms with van der Waals surface area (Å²) in [6, 6.07) is 9.73. The number of nitrogens with two attached hydrogens (primary N) is 1. The van der Waals surface area contributed by atoms with Gasteiger partial charge in [-0.3, -0.25) is 20.1 Å². The van der Waals surface area contributed by atoms with Gasteiger partial charge in [0.05, 0.1) is 5.92 Å². The number of benzene rings is 1. The fourth-order valence-electron chi connectivity index (χ4n) is 2.90. The fraction of sp³-hybridized carbons (Fsp3) is 0.278. The lowest BCUT2D eigenvalue weighted by Crippen LogP contribution is -2.41. The second-order valence-electron chi connectivity index (χ2n) is 6.23. The molecule has 6 heteroatoms. The number of carbonyl (C=O) groups excluding carboxylic acids is 1. The maximum atomic E-state index is 12.7. The van der Waals surface area contributed by atoms with Crippen molar-refractivity contribution < 1.29 is 4.79 Å². The van der Waals surface area contributed by atoms with Crippen LogP contribution in [0.25, 0.3) is 11.1 Å². The normalized spacial score (nSPS) is 14.9. The minimum Gasteiger partial charge on any atom is -0.370 e. The van der Waals surface area contributed by atoms with E-state index in [0.29, 0.717) is 11.4 Å². The van der Waals surface area contributed by atoms with Crippen molar-refractivity contribution in [1.82, 2.24) is 9.88 Å². The minimum atomic E-state index is -0.270. The predicted molar refractivity (Wildman–Crippen MR) is 95.2 cm³/mol. The Morgan fingerprint density at radius 3 is 2.71 bits per heavy atom. The summed E-state index contributed by atoms with van der Waals surface area (Å²) in [6.07, 6.45) is 5.40. The monoisotopic (exact) mass is 318 g/mol. The summed E-state index contributed by atoms with van der Waals surface area (Å²) in [5.74, 6) is -0.323. The standard InChI is InChI=1S/C18H19BN4O/c1-23(18(20)21)17(24)16(11-5-6-11)13-4-2-3-12(7-13)14-8-15(19)10-22-9-14/h2-4,7-11,16H,5-6H2,1H3,(H3,20,21)/t16-/m0/s1. The lowest BCUT2D eigenvalue weighted by molar-refractivity contribution is -0.128. The first-order valence-corrected chi connectivity index (χ1v) is 7.90. The van der Waals surface area contributed by atoms with Crippen LogP contribution in [0.1, 0.15) is 24.3 Å². The number of aromatic nitrogens is 1. The van der Waals surface area contributed by atoms with Crippen molar-refractivity contribution in [3.05, 3.63) is 48.3 Å². The van der Waals surface area contributed by atoms with Gasteiger partial charge < -0.3 is 5.73 Å². The number of nitrogens with zero attached hydrogens (tertiary/aromatic N) is 2. The summed E-state index contributed by atoms with van der Waals surface area (Å²) in [5.41, 5.74) is 8.90. The molecule has 0 saturated heterocycles. The number of nitrogens with one attached hydrogen (secondary N) is 1. The summed E-state index contributed by atoms with van der Waals surface area (Å²) in [4.78, 5) is 18.1. The second-order valence-corrected chi connectivity index (χ2v) is 6.23. The first-order chi connectivity index (χ1) is 11.5. The molecule has 5 nitrogen and oxygen atoms in total. The van der Waals surface area contributed by atoms with Gasteiger partial charge in [-0.15, -0.1) is 0 Å². The van der Waals surface area contributed by atoms with E-state index in [9.17, 15) is 4.79 Å². The Bertz CT molecular complexity index is 788. The van der Waals surface area contributed by atoms with Crippen molar-refractivity contribution in [2.75, 3.05) is 7.05 Å². The number of rotatable bonds is 4. The summed E-state index contributed by atoms with van der Waals surface area (Å²) in [6.45, 7) is 0. The molecule has 24 heavy (non-hydrogen) atoms. The molecule has 1 amide bonds. The molecule has 0 unspecified atom stereocenters. The smallest absolute Gasteiger partial charge is 0.236 e. The Balaban J connectivity index is 1.96. The van der Waals surface area contributed by atoms with E-state index in [1.807, 2.05) is 30.3 Å². The average molecular weight is 318 g/mol. The highest BCUT2D eigenvalue weighted by Crippen LogP contribution is 2.44. The molecule has 0 aliphatic heterocycles. The number of carbonyl (C=O) groups is 1. The van der Waals surface area contributed by atoms with Crippen molar-refractivity contribution in [2.24, 2.45) is 11.7 Å². The van der Waals surface area contributed by atoms with Crippen LogP contribution in [0.15, 0.2) is 42.7 Å². The maximum absolute atomic E-state index is 12.7. The van der Waals surface area contributed by atoms with Crippen LogP contribution in [0.2, 0.25) is 0 Å². The molecule has 1 aliphatic carbocycles. The Labute approximate surface area is 142 Å². The van der Waals surface area contributed by atoms with Crippen LogP contribution in [-0.2, 0) is 4.79 Å². The number of hydrogen-bond donors (Lipinski definition) is 2. The van der Waals surface area contributed by atoms with Crippen LogP contribution >= 0.6 is 0 Å². The summed E-state index contributed by atoms with van der Waals surface area (Å²) in [5, 5.41) is 7.51. The van der Waals surface area contributed by atoms with Gasteiger partial charge in [0.25, 0.3) is 0 Å². The number of hydrogen-bond acceptors (Lipinski definition) is 3. The van der Waals surface area contributed by atoms with E-state index >= 15 is 0 Å². The van der Waals surface area contributed by atoms with Crippen LogP contribution in [-0.4, -0.2) is 36.6 Å². The predicted octanol–water partition coefficient (Wildman–Crippen LogP) is 1.39. The fourth-order valence-corrected chi connectivity index (χ4v) is 2.90. The van der Waals surface area contributed by atoms with Gasteiger partial charge in [-0.25, -0.2) is 0 Å². The first-order valence-electron chi connectivity index (χ1n) is 7.90. The van der Waals surface area contributed by atoms with Crippen LogP contribution in [0.4, 0.5) is 0 Å². The quantitative estimate of drug-likeness (QED) is 0.508. The highest BCUT2D eigenvalue weighted by Gasteiger charge is 2.39. The highest BCUT2D eigenvalue weighted by molar-refractivity contribution is 6.32. The molecule has 1 aromatic heterocycles. The minimum absolute atomic E-state index is 0.132. The van der Waals surface area contributed by atoms with E-state index in [2.05, 4.69) is 4.98 Å². The lowest BCUT2D eigenvalue weighted by atomic mass is 9.89. The zero-order valence-corrected chi connectivity index (χ0v) is 13.6. The third-order valence-corrected chi connectivity index (χ3v) is 4.39. The van der Waals surface area contributed by atoms with Crippen LogP contribution in [0, 0.1) is 11.3 Å². The van der Waals surface area contributed by atoms with Gasteiger partial charge >= 0.3 is 0 Å². The Hall–Kier alpha value is -2.63. The molecule has 1 fully saturated rings. The average Bonchev–Trinajstić information content (AvgIpc) is 3.39. The molecule has 2 radical (unpaired) electrons. The Morgan fingerprint density at radius 2 is 2.08 bits per heavy atom. The Morgan fingerprint density at radius 1 is 1.33 bits per heavy atom. The van der Waals surface area contributed by atoms with Crippen molar-refractivity contribution in [3.63, 3.8) is 0 Å². The van der Waals surface area contributed by atoms with Crippen molar-refractivity contribution in [1.29, 1.82) is 5.41 Å². The summed E-state index contributed by atoms with van der Waals surface area (Å²) < 4.78 is 0. The van der Waals surface area contributed by atoms with Gasteiger partial charge in [-0.2, -0.15) is 0 Å². The van der Waals surface area contributed by atoms with Gasteiger partial charge in [0.1, 0.15) is 7.85 Å². The van der Waals surface area contributed by atoms with E-state index in [1.54, 1.807) is 19.4 Å². The summed E-state index contributed by atoms with van der Waals surface area (Å²) >= 11 is 0. The van der Waals surface area contributed by atoms with Crippen molar-refractivity contribution in [3.8, 4) is 11.1 Å². The SMILES string of the molecule is [B]c1cncc(-c2cccc([C@@H](C(=O)N(C)C(=N)N)C3CC3)c2)c1. The first kappa shape index (κ1) is 16.2. The van der Waals surface area contributed by atoms with Crippen LogP contribution in [0.5, 0.6) is 0 Å². The zero-order chi connectivity index (χ0) is 17.3. The molecule has 1 heterocycles. The van der Waals surface area contributed by atoms with Gasteiger partial charge in [0.2, 0.25) is 5.91 Å². The van der Waals surface area contributed by atoms with Gasteiger partial charge in [-0.1, -0.05) is 35.8 Å². The molecule has 1 saturated carbocycles. The molecular formula is C18H19BN4O. The molecule has 120 valence electrons. The molecule has 3 rings (SSSR count). The molecule has 1 aliphatic rings. The van der Waals surface area contributed by atoms with Gasteiger partial charge in [0.15, 0.2) is 5.96 Å². The number of pyridine rings is 1. The molecule has 2 aromatic rings. The van der Waals surface area contributed by atoms with E-state index in [-0.39, 0.29) is 17.8 Å². The van der Waals surface area contributed by atoms with E-state index in [1.165, 1.54) is 4.90 Å². The van der Waals surface area contributed by atoms with Crippen LogP contribution in [0.3, 0.4) is 0 Å². The van der Waals surface area contributed by atoms with Crippen LogP contribution < -0.4 is 11.2 Å². The highest BCUT2D eigenvalue weighted by atomic mass is 16.2. The molecule has 3 N–H and O–H groups in total. The maximum Gasteiger partial charge on any atom is 0.236 e. The second kappa shape index (κ2) is 6.47. The number of guanidine groups is 1. The molecule has 1 aromatic carbocycles. The largest absolute Gasteiger partial charge is 0.370 e. The lowest BCUT2D eigenvalue weighted by Gasteiger charge is -2.23. The molecular weight excluding hydrogens is 299 g/mol. The third kappa shape index (κ3) is 3.32. The number of likely N-dealkylation sites (N-methyl/N-ethyl adjacent to an activating group) is 1. The van der Waals surface area contributed by atoms with Gasteiger partial charge in [0, 0.05) is 19.4 Å². The molecule has 0 bridgehead atoms.